The number of carboxylic acid groups (broad SMARTS) is 1. The van der Waals surface area contributed by atoms with Crippen LogP contribution in [0.1, 0.15) is 119 Å². The van der Waals surface area contributed by atoms with Crippen molar-refractivity contribution in [2.24, 2.45) is 62.6 Å². The lowest BCUT2D eigenvalue weighted by Gasteiger charge is -2.71. The molecule has 2 N–H and O–H groups in total. The molecule has 1 aliphatic heterocycles. The van der Waals surface area contributed by atoms with Crippen molar-refractivity contribution in [1.29, 1.82) is 0 Å². The van der Waals surface area contributed by atoms with Gasteiger partial charge in [0.15, 0.2) is 0 Å². The van der Waals surface area contributed by atoms with Crippen LogP contribution >= 0.6 is 0 Å². The minimum absolute atomic E-state index is 0.206. The largest absolute Gasteiger partial charge is 0.481 e. The van der Waals surface area contributed by atoms with Crippen molar-refractivity contribution >= 4 is 5.97 Å². The number of alkyl halides is 3. The second kappa shape index (κ2) is 14.2. The van der Waals surface area contributed by atoms with E-state index < -0.39 is 34.5 Å². The predicted molar refractivity (Wildman–Crippen MR) is 217 cm³/mol. The number of carbonyl (C=O) groups is 1. The number of rotatable bonds is 10. The van der Waals surface area contributed by atoms with Gasteiger partial charge >= 0.3 is 12.1 Å². The van der Waals surface area contributed by atoms with Gasteiger partial charge in [-0.1, -0.05) is 86.1 Å². The molecular weight excluding hydrogens is 728 g/mol. The number of hydrogen-bond donors (Lipinski definition) is 2. The maximum atomic E-state index is 13.7. The second-order valence-corrected chi connectivity index (χ2v) is 20.9. The number of allylic oxidation sites excluding steroid dienone is 1. The zero-order valence-corrected chi connectivity index (χ0v) is 36.2. The highest BCUT2D eigenvalue weighted by molar-refractivity contribution is 5.73. The Balaban J connectivity index is 1.35. The van der Waals surface area contributed by atoms with Crippen molar-refractivity contribution in [3.8, 4) is 11.3 Å². The highest BCUT2D eigenvalue weighted by Crippen LogP contribution is 2.75. The van der Waals surface area contributed by atoms with Crippen LogP contribution in [-0.2, 0) is 20.4 Å². The molecule has 7 rings (SSSR count). The van der Waals surface area contributed by atoms with E-state index in [-0.39, 0.29) is 51.7 Å². The first-order valence-electron chi connectivity index (χ1n) is 21.6. The van der Waals surface area contributed by atoms with Crippen molar-refractivity contribution in [1.82, 2.24) is 15.1 Å². The summed E-state index contributed by atoms with van der Waals surface area (Å²) in [5.41, 5.74) is 0.188. The van der Waals surface area contributed by atoms with Crippen LogP contribution in [0.4, 0.5) is 13.2 Å². The molecule has 2 aromatic rings. The molecule has 1 aromatic heterocycles. The average Bonchev–Trinajstić information content (AvgIpc) is 3.63. The van der Waals surface area contributed by atoms with E-state index in [0.717, 1.165) is 43.5 Å². The zero-order chi connectivity index (χ0) is 41.7. The van der Waals surface area contributed by atoms with E-state index in [0.29, 0.717) is 50.1 Å². The lowest BCUT2D eigenvalue weighted by Crippen LogP contribution is -2.69. The third kappa shape index (κ3) is 6.21. The molecule has 5 aliphatic rings. The number of carboxylic acids is 1. The number of aromatic nitrogens is 2. The molecule has 12 atom stereocenters. The molecule has 57 heavy (non-hydrogen) atoms. The van der Waals surface area contributed by atoms with Crippen molar-refractivity contribution < 1.29 is 32.5 Å². The van der Waals surface area contributed by atoms with Gasteiger partial charge in [0.05, 0.1) is 49.1 Å². The average molecular weight is 796 g/mol. The highest BCUT2D eigenvalue weighted by Gasteiger charge is 2.72. The van der Waals surface area contributed by atoms with Gasteiger partial charge in [-0.25, -0.2) is 0 Å². The summed E-state index contributed by atoms with van der Waals surface area (Å²) in [6.07, 6.45) is 4.77. The zero-order valence-electron chi connectivity index (χ0n) is 36.2. The Labute approximate surface area is 338 Å². The molecular formula is C47H68F3N3O4. The Hall–Kier alpha value is -2.69. The summed E-state index contributed by atoms with van der Waals surface area (Å²) in [4.78, 5) is 13.6. The minimum atomic E-state index is -4.43. The number of nitrogens with zero attached hydrogens (tertiary/aromatic N) is 2. The fourth-order valence-electron chi connectivity index (χ4n) is 13.6. The highest BCUT2D eigenvalue weighted by atomic mass is 19.4. The monoisotopic (exact) mass is 796 g/mol. The van der Waals surface area contributed by atoms with Gasteiger partial charge in [0, 0.05) is 22.6 Å². The summed E-state index contributed by atoms with van der Waals surface area (Å²) in [6.45, 7) is 24.2. The number of fused-ring (bicyclic) bond motifs is 3. The molecule has 0 unspecified atom stereocenters. The maximum absolute atomic E-state index is 13.7. The van der Waals surface area contributed by atoms with Crippen molar-refractivity contribution in [2.45, 2.75) is 132 Å². The summed E-state index contributed by atoms with van der Waals surface area (Å²) in [7, 11) is 1.98. The van der Waals surface area contributed by atoms with Gasteiger partial charge < -0.3 is 19.9 Å². The normalized spacial score (nSPS) is 39.4. The third-order valence-electron chi connectivity index (χ3n) is 18.0. The molecule has 316 valence electrons. The molecule has 1 aromatic carbocycles. The van der Waals surface area contributed by atoms with Crippen LogP contribution in [0.15, 0.2) is 48.2 Å². The second-order valence-electron chi connectivity index (χ2n) is 20.9. The summed E-state index contributed by atoms with van der Waals surface area (Å²) >= 11 is 0. The van der Waals surface area contributed by atoms with Crippen LogP contribution < -0.4 is 5.32 Å². The number of likely N-dealkylation sites (N-methyl/N-ethyl adjacent to an activating group) is 1. The smallest absolute Gasteiger partial charge is 0.416 e. The lowest BCUT2D eigenvalue weighted by atomic mass is 9.34. The van der Waals surface area contributed by atoms with Crippen LogP contribution in [0, 0.1) is 62.6 Å². The molecule has 2 heterocycles. The van der Waals surface area contributed by atoms with Crippen LogP contribution in [0.25, 0.3) is 11.3 Å². The summed E-state index contributed by atoms with van der Waals surface area (Å²) in [5.74, 6) is 0.260. The van der Waals surface area contributed by atoms with E-state index >= 15 is 0 Å². The molecule has 0 spiro atoms. The van der Waals surface area contributed by atoms with E-state index in [9.17, 15) is 23.1 Å². The third-order valence-corrected chi connectivity index (χ3v) is 18.0. The van der Waals surface area contributed by atoms with Gasteiger partial charge in [0.2, 0.25) is 0 Å². The molecule has 4 fully saturated rings. The summed E-state index contributed by atoms with van der Waals surface area (Å²) in [6, 6.07) is 7.08. The topological polar surface area (TPSA) is 85.6 Å². The van der Waals surface area contributed by atoms with E-state index in [4.69, 9.17) is 14.6 Å². The maximum Gasteiger partial charge on any atom is 0.416 e. The Morgan fingerprint density at radius 3 is 2.30 bits per heavy atom. The first-order valence-corrected chi connectivity index (χ1v) is 21.6. The summed E-state index contributed by atoms with van der Waals surface area (Å²) < 4.78 is 57.0. The predicted octanol–water partition coefficient (Wildman–Crippen LogP) is 10.7. The number of benzene rings is 1. The van der Waals surface area contributed by atoms with Crippen LogP contribution in [0.2, 0.25) is 0 Å². The molecule has 10 heteroatoms. The van der Waals surface area contributed by atoms with E-state index in [1.165, 1.54) is 5.57 Å². The molecule has 1 saturated heterocycles. The SMILES string of the molecule is CN[C@@](C)(CO[C@H]1[C@H](n2nccc2-c2ccc(C(F)(F)F)cc2)C[C@@]23COC[C@]1(C)[C@@H]2CC[C@H]1C3=CC[C@@]2(C)[C@H](C(=O)O)[C@@](C)([C@H](C)C(C)C)CC[C@]12C)C(C)C. The van der Waals surface area contributed by atoms with Gasteiger partial charge in [0.25, 0.3) is 0 Å². The molecule has 7 nitrogen and oxygen atoms in total. The Morgan fingerprint density at radius 1 is 1.02 bits per heavy atom. The quantitative estimate of drug-likeness (QED) is 0.233. The molecule has 0 amide bonds. The van der Waals surface area contributed by atoms with E-state index in [1.54, 1.807) is 18.3 Å². The standard InChI is InChI=1S/C47H68F3N3O4/c1-28(2)30(5)41(6)21-22-43(8)33-16-17-37-42(7)25-56-27-46(37,34(33)18-20-44(43,9)38(41)40(54)55)24-36(39(42)57-26-45(10,51-11)29(3)4)53-35(19-23-52-53)31-12-14-32(15-13-31)47(48,49)50/h12-15,18-19,23,28-30,33,36-39,51H,16-17,20-22,24-27H2,1-11H3,(H,54,55)/t30-,33+,36-,37+,38-,39+,41-,42-,43-,44+,45+,46+/m1/s1. The van der Waals surface area contributed by atoms with Gasteiger partial charge in [-0.05, 0) is 122 Å². The fraction of sp³-hybridized carbons (Fsp3) is 0.745. The first-order chi connectivity index (χ1) is 26.5. The van der Waals surface area contributed by atoms with Gasteiger partial charge in [-0.15, -0.1) is 0 Å². The lowest BCUT2D eigenvalue weighted by molar-refractivity contribution is -0.253. The molecule has 4 aliphatic carbocycles. The Morgan fingerprint density at radius 2 is 1.70 bits per heavy atom. The Kier molecular flexibility index (Phi) is 10.6. The van der Waals surface area contributed by atoms with Gasteiger partial charge in [-0.3, -0.25) is 9.48 Å². The van der Waals surface area contributed by atoms with Crippen molar-refractivity contribution in [2.75, 3.05) is 26.9 Å². The van der Waals surface area contributed by atoms with Gasteiger partial charge in [0.1, 0.15) is 0 Å². The Bertz CT molecular complexity index is 1860. The number of hydrogen-bond acceptors (Lipinski definition) is 5. The van der Waals surface area contributed by atoms with Crippen molar-refractivity contribution in [3.05, 3.63) is 53.7 Å². The first kappa shape index (κ1) is 42.4. The number of ether oxygens (including phenoxy) is 2. The van der Waals surface area contributed by atoms with Crippen LogP contribution in [0.5, 0.6) is 0 Å². The van der Waals surface area contributed by atoms with Crippen LogP contribution in [-0.4, -0.2) is 59.4 Å². The number of aliphatic carboxylic acids is 1. The van der Waals surface area contributed by atoms with Crippen LogP contribution in [0.3, 0.4) is 0 Å². The molecule has 2 bridgehead atoms. The summed E-state index contributed by atoms with van der Waals surface area (Å²) in [5, 5.41) is 19.7. The van der Waals surface area contributed by atoms with Gasteiger partial charge in [-0.2, -0.15) is 18.3 Å². The molecule has 0 radical (unpaired) electrons. The fourth-order valence-corrected chi connectivity index (χ4v) is 13.6. The minimum Gasteiger partial charge on any atom is -0.481 e. The molecule has 3 saturated carbocycles. The van der Waals surface area contributed by atoms with E-state index in [1.807, 2.05) is 17.8 Å². The number of nitrogens with one attached hydrogen (secondary N) is 1. The van der Waals surface area contributed by atoms with E-state index in [2.05, 4.69) is 80.6 Å². The number of halogens is 3. The van der Waals surface area contributed by atoms with Crippen molar-refractivity contribution in [3.63, 3.8) is 0 Å².